The summed E-state index contributed by atoms with van der Waals surface area (Å²) in [6.07, 6.45) is 0. The Morgan fingerprint density at radius 3 is 2.50 bits per heavy atom. The van der Waals surface area contributed by atoms with Gasteiger partial charge in [-0.15, -0.1) is 0 Å². The summed E-state index contributed by atoms with van der Waals surface area (Å²) in [5, 5.41) is 4.84. The molecule has 0 aliphatic rings. The van der Waals surface area contributed by atoms with Gasteiger partial charge in [0.2, 0.25) is 0 Å². The fraction of sp³-hybridized carbons (Fsp3) is 0.100. The summed E-state index contributed by atoms with van der Waals surface area (Å²) in [5.74, 6) is 0.384. The summed E-state index contributed by atoms with van der Waals surface area (Å²) in [6, 6.07) is 17.0. The van der Waals surface area contributed by atoms with Gasteiger partial charge in [-0.1, -0.05) is 46.9 Å². The number of hydrogen-bond acceptors (Lipinski definition) is 2. The first-order valence-electron chi connectivity index (χ1n) is 7.86. The van der Waals surface area contributed by atoms with Gasteiger partial charge in [-0.25, -0.2) is 4.39 Å². The van der Waals surface area contributed by atoms with Crippen LogP contribution in [-0.2, 0) is 13.2 Å². The summed E-state index contributed by atoms with van der Waals surface area (Å²) in [6.45, 7) is 0.746. The zero-order chi connectivity index (χ0) is 18.5. The Hall–Kier alpha value is -1.94. The number of anilines is 1. The van der Waals surface area contributed by atoms with Crippen LogP contribution in [0.3, 0.4) is 0 Å². The van der Waals surface area contributed by atoms with Crippen LogP contribution in [0.25, 0.3) is 0 Å². The van der Waals surface area contributed by atoms with E-state index in [1.54, 1.807) is 30.3 Å². The standard InChI is InChI=1S/C20H15Cl3FNO/c21-15-4-7-20(26-12-13-2-1-3-16(24)8-13)14(9-15)11-25-17-5-6-18(22)19(23)10-17/h1-10,25H,11-12H2. The Balaban J connectivity index is 1.71. The molecule has 3 rings (SSSR count). The quantitative estimate of drug-likeness (QED) is 0.473. The molecule has 0 saturated carbocycles. The molecule has 3 aromatic rings. The highest BCUT2D eigenvalue weighted by Crippen LogP contribution is 2.28. The van der Waals surface area contributed by atoms with Crippen molar-refractivity contribution in [1.82, 2.24) is 0 Å². The summed E-state index contributed by atoms with van der Waals surface area (Å²) < 4.78 is 19.1. The number of benzene rings is 3. The molecule has 6 heteroatoms. The molecule has 0 aromatic heterocycles. The molecule has 0 saturated heterocycles. The van der Waals surface area contributed by atoms with Gasteiger partial charge in [0.15, 0.2) is 0 Å². The number of rotatable bonds is 6. The van der Waals surface area contributed by atoms with Crippen molar-refractivity contribution < 1.29 is 9.13 Å². The van der Waals surface area contributed by atoms with E-state index in [1.165, 1.54) is 12.1 Å². The zero-order valence-electron chi connectivity index (χ0n) is 13.6. The molecule has 3 aromatic carbocycles. The maximum atomic E-state index is 13.3. The van der Waals surface area contributed by atoms with Crippen molar-refractivity contribution >= 4 is 40.5 Å². The molecular formula is C20H15Cl3FNO. The summed E-state index contributed by atoms with van der Waals surface area (Å²) >= 11 is 18.1. The highest BCUT2D eigenvalue weighted by molar-refractivity contribution is 6.42. The SMILES string of the molecule is Fc1cccc(COc2ccc(Cl)cc2CNc2ccc(Cl)c(Cl)c2)c1. The first-order chi connectivity index (χ1) is 12.5. The molecule has 0 spiro atoms. The topological polar surface area (TPSA) is 21.3 Å². The van der Waals surface area contributed by atoms with Crippen LogP contribution >= 0.6 is 34.8 Å². The molecule has 0 radical (unpaired) electrons. The third-order valence-electron chi connectivity index (χ3n) is 3.71. The van der Waals surface area contributed by atoms with E-state index in [2.05, 4.69) is 5.32 Å². The van der Waals surface area contributed by atoms with Crippen molar-refractivity contribution in [3.8, 4) is 5.75 Å². The van der Waals surface area contributed by atoms with Gasteiger partial charge in [-0.2, -0.15) is 0 Å². The minimum absolute atomic E-state index is 0.263. The molecule has 0 unspecified atom stereocenters. The van der Waals surface area contributed by atoms with Gasteiger partial charge in [0, 0.05) is 22.8 Å². The van der Waals surface area contributed by atoms with Gasteiger partial charge in [-0.05, 0) is 54.1 Å². The molecule has 0 aliphatic heterocycles. The summed E-state index contributed by atoms with van der Waals surface area (Å²) in [4.78, 5) is 0. The smallest absolute Gasteiger partial charge is 0.124 e. The van der Waals surface area contributed by atoms with E-state index in [9.17, 15) is 4.39 Å². The Morgan fingerprint density at radius 1 is 0.885 bits per heavy atom. The average Bonchev–Trinajstić information content (AvgIpc) is 2.62. The lowest BCUT2D eigenvalue weighted by Gasteiger charge is -2.14. The second-order valence-corrected chi connectivity index (χ2v) is 6.90. The first-order valence-corrected chi connectivity index (χ1v) is 8.99. The van der Waals surface area contributed by atoms with Gasteiger partial charge < -0.3 is 10.1 Å². The van der Waals surface area contributed by atoms with Crippen LogP contribution in [0.2, 0.25) is 15.1 Å². The number of ether oxygens (including phenoxy) is 1. The molecule has 0 amide bonds. The van der Waals surface area contributed by atoms with Crippen molar-refractivity contribution in [1.29, 1.82) is 0 Å². The zero-order valence-corrected chi connectivity index (χ0v) is 15.9. The molecule has 134 valence electrons. The van der Waals surface area contributed by atoms with Crippen molar-refractivity contribution in [2.24, 2.45) is 0 Å². The van der Waals surface area contributed by atoms with Gasteiger partial charge in [0.25, 0.3) is 0 Å². The lowest BCUT2D eigenvalue weighted by atomic mass is 10.2. The molecule has 2 nitrogen and oxygen atoms in total. The number of halogens is 4. The van der Waals surface area contributed by atoms with Crippen molar-refractivity contribution in [3.63, 3.8) is 0 Å². The molecule has 0 atom stereocenters. The predicted molar refractivity (Wildman–Crippen MR) is 106 cm³/mol. The molecule has 1 N–H and O–H groups in total. The normalized spacial score (nSPS) is 10.6. The van der Waals surface area contributed by atoms with Gasteiger partial charge in [-0.3, -0.25) is 0 Å². The minimum atomic E-state index is -0.288. The van der Waals surface area contributed by atoms with Crippen LogP contribution in [0.4, 0.5) is 10.1 Å². The molecular weight excluding hydrogens is 396 g/mol. The van der Waals surface area contributed by atoms with E-state index < -0.39 is 0 Å². The molecule has 0 aliphatic carbocycles. The number of hydrogen-bond donors (Lipinski definition) is 1. The van der Waals surface area contributed by atoms with Crippen LogP contribution in [0.15, 0.2) is 60.7 Å². The monoisotopic (exact) mass is 409 g/mol. The van der Waals surface area contributed by atoms with E-state index >= 15 is 0 Å². The predicted octanol–water partition coefficient (Wildman–Crippen LogP) is 6.98. The maximum Gasteiger partial charge on any atom is 0.124 e. The Bertz CT molecular complexity index is 917. The summed E-state index contributed by atoms with van der Waals surface area (Å²) in [5.41, 5.74) is 2.46. The Morgan fingerprint density at radius 2 is 1.73 bits per heavy atom. The van der Waals surface area contributed by atoms with Crippen LogP contribution < -0.4 is 10.1 Å². The third kappa shape index (κ3) is 5.04. The van der Waals surface area contributed by atoms with Crippen LogP contribution in [0.1, 0.15) is 11.1 Å². The lowest BCUT2D eigenvalue weighted by Crippen LogP contribution is -2.04. The maximum absolute atomic E-state index is 13.3. The van der Waals surface area contributed by atoms with Crippen molar-refractivity contribution in [3.05, 3.63) is 92.7 Å². The van der Waals surface area contributed by atoms with Crippen LogP contribution in [0, 0.1) is 5.82 Å². The highest BCUT2D eigenvalue weighted by Gasteiger charge is 2.07. The Labute approximate surface area is 166 Å². The molecule has 0 bridgehead atoms. The van der Waals surface area contributed by atoms with Gasteiger partial charge in [0.05, 0.1) is 10.0 Å². The van der Waals surface area contributed by atoms with E-state index in [0.717, 1.165) is 16.8 Å². The highest BCUT2D eigenvalue weighted by atomic mass is 35.5. The summed E-state index contributed by atoms with van der Waals surface area (Å²) in [7, 11) is 0. The fourth-order valence-corrected chi connectivity index (χ4v) is 2.91. The van der Waals surface area contributed by atoms with Gasteiger partial charge in [0.1, 0.15) is 18.2 Å². The first kappa shape index (κ1) is 18.8. The minimum Gasteiger partial charge on any atom is -0.489 e. The van der Waals surface area contributed by atoms with E-state index in [1.807, 2.05) is 18.2 Å². The van der Waals surface area contributed by atoms with Crippen molar-refractivity contribution in [2.45, 2.75) is 13.2 Å². The molecule has 0 heterocycles. The molecule has 0 fully saturated rings. The molecule has 26 heavy (non-hydrogen) atoms. The second-order valence-electron chi connectivity index (χ2n) is 5.65. The van der Waals surface area contributed by atoms with Crippen LogP contribution in [-0.4, -0.2) is 0 Å². The lowest BCUT2D eigenvalue weighted by molar-refractivity contribution is 0.302. The fourth-order valence-electron chi connectivity index (χ4n) is 2.42. The Kier molecular flexibility index (Phi) is 6.25. The third-order valence-corrected chi connectivity index (χ3v) is 4.68. The van der Waals surface area contributed by atoms with E-state index in [4.69, 9.17) is 39.5 Å². The van der Waals surface area contributed by atoms with Crippen molar-refractivity contribution in [2.75, 3.05) is 5.32 Å². The largest absolute Gasteiger partial charge is 0.489 e. The van der Waals surface area contributed by atoms with Crippen LogP contribution in [0.5, 0.6) is 5.75 Å². The van der Waals surface area contributed by atoms with Gasteiger partial charge >= 0.3 is 0 Å². The second kappa shape index (κ2) is 8.63. The van der Waals surface area contributed by atoms with E-state index in [0.29, 0.717) is 27.4 Å². The average molecular weight is 411 g/mol. The van der Waals surface area contributed by atoms with E-state index in [-0.39, 0.29) is 12.4 Å². The number of nitrogens with one attached hydrogen (secondary N) is 1.